The quantitative estimate of drug-likeness (QED) is 0.170. The number of esters is 2. The predicted octanol–water partition coefficient (Wildman–Crippen LogP) is -0.498. The number of aromatic nitrogens is 4. The van der Waals surface area contributed by atoms with E-state index >= 15 is 9.59 Å². The summed E-state index contributed by atoms with van der Waals surface area (Å²) in [5, 5.41) is 10.4. The molecule has 5 aliphatic heterocycles. The molecule has 78 heavy (non-hydrogen) atoms. The molecule has 5 saturated heterocycles. The number of nitrogens with zero attached hydrogens (tertiary/aromatic N) is 8. The number of amides is 8. The second kappa shape index (κ2) is 23.5. The number of hydrogen-bond acceptors (Lipinski definition) is 18. The number of benzene rings is 2. The van der Waals surface area contributed by atoms with E-state index in [0.717, 1.165) is 54.0 Å². The summed E-state index contributed by atoms with van der Waals surface area (Å²) in [4.78, 5) is 172. The lowest BCUT2D eigenvalue weighted by molar-refractivity contribution is -0.162. The van der Waals surface area contributed by atoms with Crippen LogP contribution in [0.1, 0.15) is 52.0 Å². The maximum atomic E-state index is 15.5. The number of ether oxygens (including phenoxy) is 2. The van der Waals surface area contributed by atoms with Crippen molar-refractivity contribution < 1.29 is 57.4 Å². The third kappa shape index (κ3) is 11.5. The van der Waals surface area contributed by atoms with E-state index in [2.05, 4.69) is 36.2 Å². The van der Waals surface area contributed by atoms with Crippen LogP contribution in [-0.4, -0.2) is 197 Å². The van der Waals surface area contributed by atoms with Crippen molar-refractivity contribution in [3.05, 3.63) is 77.1 Å². The maximum absolute atomic E-state index is 15.5. The molecule has 9 rings (SSSR count). The molecular weight excluding hydrogens is 1050 g/mol. The molecule has 2 aromatic heterocycles. The largest absolute Gasteiger partial charge is 0.461 e. The fraction of sp³-hybridized carbons (Fsp3) is 0.490. The molecule has 4 N–H and O–H groups in total. The van der Waals surface area contributed by atoms with Crippen LogP contribution in [-0.2, 0) is 59.2 Å². The standard InChI is InChI=1S/C51H62N12O13S2/c1-26(2)38-46(71)75-21-35(57-37(64)20-63-25-53-31-16-12-11-15-30(31)45(63)70)41(66)54-28(5)43(68)61(9)50-23-78-51(24-77-50,48(73)59(38)7)62(10)44(69)29(6)55-42(67)36(22-76-47(72)39(27(3)4)60(8)49(50)74)58-40(65)34-19-52-32-17-13-14-18-33(32)56-34/h11-19,25-29,35-36,38-39H,20-24H2,1-10H3,(H,54,66)(H,55,67)(H,57,64)(H,58,65). The van der Waals surface area contributed by atoms with Crippen molar-refractivity contribution in [2.75, 3.05) is 52.9 Å². The molecular formula is C51H62N12O13S2. The minimum absolute atomic E-state index is 0.187. The second-order valence-electron chi connectivity index (χ2n) is 20.0. The summed E-state index contributed by atoms with van der Waals surface area (Å²) in [5.74, 6) is -11.4. The van der Waals surface area contributed by atoms with Crippen molar-refractivity contribution in [3.8, 4) is 0 Å². The number of carbonyl (C=O) groups excluding carboxylic acids is 10. The zero-order chi connectivity index (χ0) is 57.1. The van der Waals surface area contributed by atoms with Gasteiger partial charge in [0.2, 0.25) is 29.5 Å². The number of thioether (sulfide) groups is 2. The van der Waals surface area contributed by atoms with Crippen LogP contribution in [0.25, 0.3) is 21.9 Å². The number of carbonyl (C=O) groups is 10. The molecule has 4 aromatic rings. The van der Waals surface area contributed by atoms with Gasteiger partial charge in [0, 0.05) is 39.7 Å². The average Bonchev–Trinajstić information content (AvgIpc) is 3.58. The lowest BCUT2D eigenvalue weighted by atomic mass is 10.0. The van der Waals surface area contributed by atoms with Crippen LogP contribution in [0.15, 0.2) is 65.8 Å². The predicted molar refractivity (Wildman–Crippen MR) is 285 cm³/mol. The van der Waals surface area contributed by atoms with Crippen molar-refractivity contribution in [2.24, 2.45) is 11.8 Å². The van der Waals surface area contributed by atoms with Crippen LogP contribution in [0.5, 0.6) is 0 Å². The molecule has 2 bridgehead atoms. The highest BCUT2D eigenvalue weighted by Crippen LogP contribution is 2.50. The summed E-state index contributed by atoms with van der Waals surface area (Å²) in [6.45, 7) is 6.93. The number of para-hydroxylation sites is 3. The normalized spacial score (nSPS) is 26.6. The molecule has 7 heterocycles. The van der Waals surface area contributed by atoms with Crippen molar-refractivity contribution in [1.82, 2.24) is 60.4 Å². The number of fused-ring (bicyclic) bond motifs is 24. The van der Waals surface area contributed by atoms with E-state index in [9.17, 15) is 43.2 Å². The number of rotatable bonds is 7. The molecule has 27 heteroatoms. The van der Waals surface area contributed by atoms with Gasteiger partial charge < -0.3 is 50.3 Å². The van der Waals surface area contributed by atoms with Gasteiger partial charge in [-0.1, -0.05) is 52.0 Å². The van der Waals surface area contributed by atoms with Crippen molar-refractivity contribution in [1.29, 1.82) is 0 Å². The summed E-state index contributed by atoms with van der Waals surface area (Å²) in [5.41, 5.74) is 0.514. The van der Waals surface area contributed by atoms with Crippen LogP contribution >= 0.6 is 23.5 Å². The molecule has 5 aliphatic rings. The summed E-state index contributed by atoms with van der Waals surface area (Å²) in [6.07, 6.45) is 2.36. The van der Waals surface area contributed by atoms with Gasteiger partial charge in [-0.05, 0) is 49.9 Å². The van der Waals surface area contributed by atoms with Gasteiger partial charge in [-0.15, -0.1) is 23.5 Å². The van der Waals surface area contributed by atoms with Crippen LogP contribution in [0, 0.1) is 11.8 Å². The topological polar surface area (TPSA) is 311 Å². The average molecular weight is 1120 g/mol. The fourth-order valence-corrected chi connectivity index (χ4v) is 13.1. The van der Waals surface area contributed by atoms with Gasteiger partial charge in [-0.2, -0.15) is 0 Å². The van der Waals surface area contributed by atoms with Gasteiger partial charge >= 0.3 is 11.9 Å². The van der Waals surface area contributed by atoms with Crippen molar-refractivity contribution in [2.45, 2.75) is 94.1 Å². The van der Waals surface area contributed by atoms with Gasteiger partial charge in [-0.25, -0.2) is 19.6 Å². The van der Waals surface area contributed by atoms with E-state index in [-0.39, 0.29) is 11.1 Å². The second-order valence-corrected chi connectivity index (χ2v) is 22.5. The monoisotopic (exact) mass is 1110 g/mol. The molecule has 0 aliphatic carbocycles. The van der Waals surface area contributed by atoms with Gasteiger partial charge in [0.15, 0.2) is 9.74 Å². The summed E-state index contributed by atoms with van der Waals surface area (Å²) >= 11 is 1.62. The molecule has 8 unspecified atom stereocenters. The number of nitrogens with one attached hydrogen (secondary N) is 4. The first-order chi connectivity index (χ1) is 36.8. The van der Waals surface area contributed by atoms with E-state index in [1.807, 2.05) is 0 Å². The number of hydrogen-bond donors (Lipinski definition) is 4. The molecule has 0 saturated carbocycles. The highest BCUT2D eigenvalue weighted by atomic mass is 32.2. The van der Waals surface area contributed by atoms with Crippen LogP contribution in [0.4, 0.5) is 0 Å². The summed E-state index contributed by atoms with van der Waals surface area (Å²) < 4.78 is 12.5. The smallest absolute Gasteiger partial charge is 0.329 e. The van der Waals surface area contributed by atoms with E-state index in [0.29, 0.717) is 16.6 Å². The van der Waals surface area contributed by atoms with Crippen molar-refractivity contribution in [3.63, 3.8) is 0 Å². The third-order valence-electron chi connectivity index (χ3n) is 13.9. The first kappa shape index (κ1) is 58.0. The lowest BCUT2D eigenvalue weighted by Gasteiger charge is -2.53. The van der Waals surface area contributed by atoms with E-state index in [4.69, 9.17) is 9.47 Å². The first-order valence-electron chi connectivity index (χ1n) is 24.9. The Morgan fingerprint density at radius 2 is 1.13 bits per heavy atom. The van der Waals surface area contributed by atoms with Crippen molar-refractivity contribution >= 4 is 105 Å². The zero-order valence-electron chi connectivity index (χ0n) is 44.6. The zero-order valence-corrected chi connectivity index (χ0v) is 46.3. The first-order valence-corrected chi connectivity index (χ1v) is 26.9. The molecule has 25 nitrogen and oxygen atoms in total. The minimum atomic E-state index is -2.01. The van der Waals surface area contributed by atoms with Crippen LogP contribution in [0.3, 0.4) is 0 Å². The van der Waals surface area contributed by atoms with Gasteiger partial charge in [0.25, 0.3) is 23.3 Å². The molecule has 0 spiro atoms. The maximum Gasteiger partial charge on any atom is 0.329 e. The summed E-state index contributed by atoms with van der Waals surface area (Å²) in [7, 11) is 5.24. The molecule has 8 amide bonds. The molecule has 5 fully saturated rings. The Hall–Kier alpha value is -7.68. The fourth-order valence-electron chi connectivity index (χ4n) is 9.47. The molecule has 0 radical (unpaired) electrons. The van der Waals surface area contributed by atoms with E-state index in [1.165, 1.54) is 54.3 Å². The van der Waals surface area contributed by atoms with Gasteiger partial charge in [-0.3, -0.25) is 52.7 Å². The highest BCUT2D eigenvalue weighted by Gasteiger charge is 2.61. The summed E-state index contributed by atoms with van der Waals surface area (Å²) in [6, 6.07) is 4.14. The van der Waals surface area contributed by atoms with Gasteiger partial charge in [0.1, 0.15) is 61.7 Å². The Kier molecular flexibility index (Phi) is 17.5. The van der Waals surface area contributed by atoms with E-state index < -0.39 is 154 Å². The Bertz CT molecular complexity index is 3130. The highest BCUT2D eigenvalue weighted by molar-refractivity contribution is 8.09. The van der Waals surface area contributed by atoms with Crippen LogP contribution < -0.4 is 26.8 Å². The minimum Gasteiger partial charge on any atom is -0.461 e. The third-order valence-corrected chi connectivity index (χ3v) is 17.5. The molecule has 8 atom stereocenters. The van der Waals surface area contributed by atoms with Gasteiger partial charge in [0.05, 0.1) is 34.5 Å². The number of likely N-dealkylation sites (N-methyl/N-ethyl adjacent to an activating group) is 4. The Balaban J connectivity index is 1.28. The van der Waals surface area contributed by atoms with Crippen LogP contribution in [0.2, 0.25) is 0 Å². The Morgan fingerprint density at radius 3 is 1.62 bits per heavy atom. The Labute approximate surface area is 456 Å². The SMILES string of the molecule is CC1NC(=O)C(NC(=O)Cn2cnc3ccccc3c2=O)COC(=O)C(C(C)C)N(C)C(=O)C23CSC(CS2)(C(=O)N(C)C(C(C)C)C(=O)OCC(NC(=O)c2cnc4ccccc4n2)C(=O)NC(C)C(=O)N3C)N(C)C1=O. The van der Waals surface area contributed by atoms with E-state index in [1.54, 1.807) is 70.2 Å². The Morgan fingerprint density at radius 1 is 0.667 bits per heavy atom. The molecule has 416 valence electrons. The lowest BCUT2D eigenvalue weighted by Crippen LogP contribution is -2.71. The molecule has 2 aromatic carbocycles.